The first kappa shape index (κ1) is 14.4. The lowest BCUT2D eigenvalue weighted by molar-refractivity contribution is 0.465. The smallest absolute Gasteiger partial charge is 0.120 e. The summed E-state index contributed by atoms with van der Waals surface area (Å²) in [5, 5.41) is 13.5. The summed E-state index contributed by atoms with van der Waals surface area (Å²) in [5.74, 6) is 0.814. The molecule has 0 amide bonds. The normalized spacial score (nSPS) is 12.4. The van der Waals surface area contributed by atoms with Crippen LogP contribution in [0.25, 0.3) is 0 Å². The summed E-state index contributed by atoms with van der Waals surface area (Å²) in [6, 6.07) is 14.1. The van der Waals surface area contributed by atoms with E-state index in [0.29, 0.717) is 11.7 Å². The highest BCUT2D eigenvalue weighted by atomic mass is 16.3. The number of para-hydroxylation sites is 1. The van der Waals surface area contributed by atoms with Gasteiger partial charge in [0.2, 0.25) is 0 Å². The van der Waals surface area contributed by atoms with Crippen molar-refractivity contribution in [2.45, 2.75) is 39.7 Å². The van der Waals surface area contributed by atoms with Crippen molar-refractivity contribution in [3.05, 3.63) is 59.2 Å². The summed E-state index contributed by atoms with van der Waals surface area (Å²) in [5.41, 5.74) is 4.52. The molecule has 106 valence electrons. The first-order valence-electron chi connectivity index (χ1n) is 7.14. The molecule has 2 aromatic rings. The van der Waals surface area contributed by atoms with Gasteiger partial charge >= 0.3 is 0 Å². The molecule has 0 fully saturated rings. The molecule has 1 atom stereocenters. The number of phenols is 1. The minimum absolute atomic E-state index is 0.0646. The summed E-state index contributed by atoms with van der Waals surface area (Å²) in [7, 11) is 0. The van der Waals surface area contributed by atoms with Gasteiger partial charge < -0.3 is 10.4 Å². The Labute approximate surface area is 121 Å². The summed E-state index contributed by atoms with van der Waals surface area (Å²) in [6.45, 7) is 8.49. The van der Waals surface area contributed by atoms with Gasteiger partial charge in [-0.15, -0.1) is 0 Å². The fourth-order valence-electron chi connectivity index (χ4n) is 2.46. The number of anilines is 1. The number of hydrogen-bond acceptors (Lipinski definition) is 2. The van der Waals surface area contributed by atoms with E-state index in [9.17, 15) is 5.11 Å². The standard InChI is InChI=1S/C18H23NO/c1-12(2)15-7-5-6-8-17(15)19-14(4)16-11-13(3)9-10-18(16)20/h5-12,14,19-20H,1-4H3. The van der Waals surface area contributed by atoms with Crippen LogP contribution in [0.4, 0.5) is 5.69 Å². The average molecular weight is 269 g/mol. The molecule has 2 nitrogen and oxygen atoms in total. The van der Waals surface area contributed by atoms with Gasteiger partial charge in [0, 0.05) is 11.3 Å². The van der Waals surface area contributed by atoms with E-state index >= 15 is 0 Å². The first-order valence-corrected chi connectivity index (χ1v) is 7.14. The highest BCUT2D eigenvalue weighted by Crippen LogP contribution is 2.31. The fourth-order valence-corrected chi connectivity index (χ4v) is 2.46. The van der Waals surface area contributed by atoms with Crippen LogP contribution in [0.3, 0.4) is 0 Å². The molecule has 20 heavy (non-hydrogen) atoms. The zero-order valence-electron chi connectivity index (χ0n) is 12.6. The second-order valence-electron chi connectivity index (χ2n) is 5.67. The molecule has 0 aliphatic carbocycles. The van der Waals surface area contributed by atoms with Gasteiger partial charge in [-0.25, -0.2) is 0 Å². The fraction of sp³-hybridized carbons (Fsp3) is 0.333. The number of aromatic hydroxyl groups is 1. The van der Waals surface area contributed by atoms with E-state index in [2.05, 4.69) is 44.3 Å². The molecule has 0 aromatic heterocycles. The Hall–Kier alpha value is -1.96. The van der Waals surface area contributed by atoms with Crippen molar-refractivity contribution < 1.29 is 5.11 Å². The van der Waals surface area contributed by atoms with Crippen molar-refractivity contribution in [2.24, 2.45) is 0 Å². The quantitative estimate of drug-likeness (QED) is 0.819. The highest BCUT2D eigenvalue weighted by Gasteiger charge is 2.13. The average Bonchev–Trinajstić information content (AvgIpc) is 2.41. The zero-order chi connectivity index (χ0) is 14.7. The molecule has 0 heterocycles. The number of phenolic OH excluding ortho intramolecular Hbond substituents is 1. The Balaban J connectivity index is 2.28. The molecule has 0 bridgehead atoms. The number of nitrogens with one attached hydrogen (secondary N) is 1. The van der Waals surface area contributed by atoms with E-state index in [1.165, 1.54) is 5.56 Å². The predicted molar refractivity (Wildman–Crippen MR) is 85.4 cm³/mol. The maximum absolute atomic E-state index is 10.0. The summed E-state index contributed by atoms with van der Waals surface area (Å²) < 4.78 is 0. The van der Waals surface area contributed by atoms with Crippen molar-refractivity contribution in [1.82, 2.24) is 0 Å². The number of hydrogen-bond donors (Lipinski definition) is 2. The van der Waals surface area contributed by atoms with Crippen molar-refractivity contribution in [1.29, 1.82) is 0 Å². The molecular formula is C18H23NO. The van der Waals surface area contributed by atoms with Crippen molar-refractivity contribution in [3.8, 4) is 5.75 Å². The van der Waals surface area contributed by atoms with E-state index in [4.69, 9.17) is 0 Å². The van der Waals surface area contributed by atoms with E-state index in [1.54, 1.807) is 6.07 Å². The molecule has 0 radical (unpaired) electrons. The van der Waals surface area contributed by atoms with E-state index in [-0.39, 0.29) is 6.04 Å². The van der Waals surface area contributed by atoms with E-state index in [0.717, 1.165) is 16.8 Å². The molecule has 0 spiro atoms. The predicted octanol–water partition coefficient (Wildman–Crippen LogP) is 5.00. The van der Waals surface area contributed by atoms with Crippen LogP contribution in [0.15, 0.2) is 42.5 Å². The molecular weight excluding hydrogens is 246 g/mol. The first-order chi connectivity index (χ1) is 9.49. The van der Waals surface area contributed by atoms with Crippen LogP contribution in [0.2, 0.25) is 0 Å². The molecule has 0 saturated carbocycles. The van der Waals surface area contributed by atoms with Crippen LogP contribution in [0.5, 0.6) is 5.75 Å². The van der Waals surface area contributed by atoms with Gasteiger partial charge in [0.1, 0.15) is 5.75 Å². The minimum Gasteiger partial charge on any atom is -0.508 e. The third kappa shape index (κ3) is 3.13. The van der Waals surface area contributed by atoms with Crippen LogP contribution in [-0.2, 0) is 0 Å². The monoisotopic (exact) mass is 269 g/mol. The lowest BCUT2D eigenvalue weighted by Gasteiger charge is -2.21. The van der Waals surface area contributed by atoms with Crippen LogP contribution in [0, 0.1) is 6.92 Å². The Morgan fingerprint density at radius 3 is 2.35 bits per heavy atom. The summed E-state index contributed by atoms with van der Waals surface area (Å²) in [4.78, 5) is 0. The van der Waals surface area contributed by atoms with Crippen molar-refractivity contribution in [2.75, 3.05) is 5.32 Å². The van der Waals surface area contributed by atoms with Gasteiger partial charge in [-0.3, -0.25) is 0 Å². The molecule has 0 aliphatic heterocycles. The van der Waals surface area contributed by atoms with Crippen molar-refractivity contribution in [3.63, 3.8) is 0 Å². The molecule has 2 aromatic carbocycles. The van der Waals surface area contributed by atoms with Gasteiger partial charge in [0.15, 0.2) is 0 Å². The van der Waals surface area contributed by atoms with Gasteiger partial charge in [-0.1, -0.05) is 49.7 Å². The summed E-state index contributed by atoms with van der Waals surface area (Å²) >= 11 is 0. The largest absolute Gasteiger partial charge is 0.508 e. The Morgan fingerprint density at radius 2 is 1.65 bits per heavy atom. The van der Waals surface area contributed by atoms with Gasteiger partial charge in [0.25, 0.3) is 0 Å². The molecule has 2 heteroatoms. The molecule has 0 saturated heterocycles. The Kier molecular flexibility index (Phi) is 4.33. The molecule has 1 unspecified atom stereocenters. The van der Waals surface area contributed by atoms with Gasteiger partial charge in [-0.2, -0.15) is 0 Å². The lowest BCUT2D eigenvalue weighted by Crippen LogP contribution is -2.09. The topological polar surface area (TPSA) is 32.3 Å². The number of aryl methyl sites for hydroxylation is 1. The molecule has 2 rings (SSSR count). The van der Waals surface area contributed by atoms with Gasteiger partial charge in [0.05, 0.1) is 6.04 Å². The number of rotatable bonds is 4. The maximum Gasteiger partial charge on any atom is 0.120 e. The number of benzene rings is 2. The van der Waals surface area contributed by atoms with Gasteiger partial charge in [-0.05, 0) is 37.5 Å². The minimum atomic E-state index is 0.0646. The SMILES string of the molecule is Cc1ccc(O)c(C(C)Nc2ccccc2C(C)C)c1. The lowest BCUT2D eigenvalue weighted by atomic mass is 9.99. The van der Waals surface area contributed by atoms with Crippen molar-refractivity contribution >= 4 is 5.69 Å². The Bertz CT molecular complexity index is 590. The Morgan fingerprint density at radius 1 is 0.950 bits per heavy atom. The van der Waals surface area contributed by atoms with Crippen LogP contribution in [-0.4, -0.2) is 5.11 Å². The second kappa shape index (κ2) is 6.00. The van der Waals surface area contributed by atoms with Crippen LogP contribution in [0.1, 0.15) is 49.4 Å². The maximum atomic E-state index is 10.0. The van der Waals surface area contributed by atoms with E-state index in [1.807, 2.05) is 25.1 Å². The highest BCUT2D eigenvalue weighted by molar-refractivity contribution is 5.55. The zero-order valence-corrected chi connectivity index (χ0v) is 12.6. The third-order valence-corrected chi connectivity index (χ3v) is 3.60. The second-order valence-corrected chi connectivity index (χ2v) is 5.67. The summed E-state index contributed by atoms with van der Waals surface area (Å²) in [6.07, 6.45) is 0. The molecule has 2 N–H and O–H groups in total. The van der Waals surface area contributed by atoms with Crippen LogP contribution < -0.4 is 5.32 Å². The molecule has 0 aliphatic rings. The van der Waals surface area contributed by atoms with Crippen LogP contribution >= 0.6 is 0 Å². The third-order valence-electron chi connectivity index (χ3n) is 3.60. The van der Waals surface area contributed by atoms with E-state index < -0.39 is 0 Å².